The fourth-order valence-electron chi connectivity index (χ4n) is 3.55. The van der Waals surface area contributed by atoms with Crippen molar-refractivity contribution in [1.82, 2.24) is 4.90 Å². The van der Waals surface area contributed by atoms with Crippen molar-refractivity contribution in [3.8, 4) is 0 Å². The van der Waals surface area contributed by atoms with E-state index >= 15 is 0 Å². The average Bonchev–Trinajstić information content (AvgIpc) is 3.21. The number of amides is 2. The summed E-state index contributed by atoms with van der Waals surface area (Å²) in [6.07, 6.45) is 0. The molecule has 0 bridgehead atoms. The van der Waals surface area contributed by atoms with Crippen molar-refractivity contribution in [3.05, 3.63) is 52.5 Å². The number of thiophene rings is 1. The molecule has 1 aromatic carbocycles. The van der Waals surface area contributed by atoms with E-state index < -0.39 is 0 Å². The predicted molar refractivity (Wildman–Crippen MR) is 112 cm³/mol. The number of hydrogen-bond donors (Lipinski definition) is 3. The Bertz CT molecular complexity index is 807. The molecule has 1 unspecified atom stereocenters. The summed E-state index contributed by atoms with van der Waals surface area (Å²) in [5.41, 5.74) is 0.469. The fourth-order valence-corrected chi connectivity index (χ4v) is 4.32. The van der Waals surface area contributed by atoms with Crippen molar-refractivity contribution < 1.29 is 23.8 Å². The molecule has 1 aliphatic heterocycles. The molecule has 0 aliphatic carbocycles. The van der Waals surface area contributed by atoms with Gasteiger partial charge in [0.2, 0.25) is 0 Å². The van der Waals surface area contributed by atoms with Crippen LogP contribution in [0.3, 0.4) is 0 Å². The minimum absolute atomic E-state index is 0.136. The molecule has 1 aliphatic rings. The molecule has 2 heterocycles. The van der Waals surface area contributed by atoms with Gasteiger partial charge < -0.3 is 20.0 Å². The first kappa shape index (κ1) is 21.4. The van der Waals surface area contributed by atoms with Crippen LogP contribution in [0.25, 0.3) is 0 Å². The maximum Gasteiger partial charge on any atom is 0.279 e. The lowest BCUT2D eigenvalue weighted by atomic mass is 10.2. The zero-order chi connectivity index (χ0) is 20.6. The number of anilines is 1. The highest BCUT2D eigenvalue weighted by Crippen LogP contribution is 2.08. The quantitative estimate of drug-likeness (QED) is 0.547. The standard InChI is InChI=1S/C21H27FN4O2S/c1-2-24(14-19-7-4-12-29-19)16-21(28)26-10-8-25(9-11-26)15-20(27)23-18-6-3-5-17(22)13-18/h3-7,12-13H,2,8-11,14-16H2,1H3,(H,23,27)/p+2. The van der Waals surface area contributed by atoms with Crippen LogP contribution in [0.15, 0.2) is 41.8 Å². The Hall–Kier alpha value is -2.29. The second kappa shape index (κ2) is 10.5. The van der Waals surface area contributed by atoms with Gasteiger partial charge in [-0.2, -0.15) is 0 Å². The van der Waals surface area contributed by atoms with Crippen LogP contribution < -0.4 is 15.1 Å². The van der Waals surface area contributed by atoms with Crippen LogP contribution in [-0.2, 0) is 16.1 Å². The smallest absolute Gasteiger partial charge is 0.279 e. The summed E-state index contributed by atoms with van der Waals surface area (Å²) in [5.74, 6) is -0.325. The van der Waals surface area contributed by atoms with Gasteiger partial charge in [0.25, 0.3) is 11.8 Å². The summed E-state index contributed by atoms with van der Waals surface area (Å²) in [6.45, 7) is 7.54. The number of hydrogen-bond acceptors (Lipinski definition) is 3. The van der Waals surface area contributed by atoms with E-state index in [-0.39, 0.29) is 17.6 Å². The van der Waals surface area contributed by atoms with E-state index in [9.17, 15) is 14.0 Å². The number of halogens is 1. The molecule has 1 fully saturated rings. The first-order valence-corrected chi connectivity index (χ1v) is 10.9. The number of piperazine rings is 1. The van der Waals surface area contributed by atoms with E-state index in [4.69, 9.17) is 0 Å². The highest BCUT2D eigenvalue weighted by atomic mass is 32.1. The van der Waals surface area contributed by atoms with Crippen LogP contribution in [0.5, 0.6) is 0 Å². The van der Waals surface area contributed by atoms with Crippen LogP contribution in [0.2, 0.25) is 0 Å². The van der Waals surface area contributed by atoms with Crippen molar-refractivity contribution in [1.29, 1.82) is 0 Å². The van der Waals surface area contributed by atoms with Gasteiger partial charge in [-0.25, -0.2) is 4.39 Å². The van der Waals surface area contributed by atoms with Crippen LogP contribution >= 0.6 is 11.3 Å². The highest BCUT2D eigenvalue weighted by Gasteiger charge is 2.27. The minimum atomic E-state index is -0.371. The molecule has 0 radical (unpaired) electrons. The Morgan fingerprint density at radius 2 is 2.03 bits per heavy atom. The lowest BCUT2D eigenvalue weighted by molar-refractivity contribution is -0.905. The van der Waals surface area contributed by atoms with Crippen molar-refractivity contribution in [3.63, 3.8) is 0 Å². The molecule has 0 saturated carbocycles. The van der Waals surface area contributed by atoms with Gasteiger partial charge in [-0.3, -0.25) is 9.59 Å². The summed E-state index contributed by atoms with van der Waals surface area (Å²) in [6, 6.07) is 10.1. The van der Waals surface area contributed by atoms with Gasteiger partial charge >= 0.3 is 0 Å². The predicted octanol–water partition coefficient (Wildman–Crippen LogP) is -0.342. The number of nitrogens with zero attached hydrogens (tertiary/aromatic N) is 1. The normalized spacial score (nSPS) is 15.9. The maximum atomic E-state index is 13.2. The molecular weight excluding hydrogens is 391 g/mol. The first-order chi connectivity index (χ1) is 14.0. The third-order valence-corrected chi connectivity index (χ3v) is 6.12. The van der Waals surface area contributed by atoms with Crippen LogP contribution in [-0.4, -0.2) is 62.5 Å². The molecule has 3 rings (SSSR count). The largest absolute Gasteiger partial charge is 0.327 e. The second-order valence-corrected chi connectivity index (χ2v) is 8.43. The molecule has 2 amide bonds. The summed E-state index contributed by atoms with van der Waals surface area (Å²) < 4.78 is 13.2. The molecule has 1 saturated heterocycles. The Morgan fingerprint density at radius 3 is 2.69 bits per heavy atom. The molecule has 1 atom stereocenters. The molecule has 156 valence electrons. The monoisotopic (exact) mass is 420 g/mol. The van der Waals surface area contributed by atoms with Crippen LogP contribution in [0, 0.1) is 5.82 Å². The van der Waals surface area contributed by atoms with E-state index in [0.29, 0.717) is 31.9 Å². The molecule has 2 aromatic rings. The Labute approximate surface area is 174 Å². The third-order valence-electron chi connectivity index (χ3n) is 5.25. The fraction of sp³-hybridized carbons (Fsp3) is 0.429. The van der Waals surface area contributed by atoms with Crippen molar-refractivity contribution in [2.24, 2.45) is 0 Å². The van der Waals surface area contributed by atoms with Crippen LogP contribution in [0.4, 0.5) is 10.1 Å². The number of carbonyl (C=O) groups excluding carboxylic acids is 2. The lowest BCUT2D eigenvalue weighted by Gasteiger charge is -2.32. The van der Waals surface area contributed by atoms with Crippen molar-refractivity contribution in [2.75, 3.05) is 51.1 Å². The SMILES string of the molecule is CC[NH+](CC(=O)N1CC[NH+](CC(=O)Nc2cccc(F)c2)CC1)Cc1cccs1. The van der Waals surface area contributed by atoms with Crippen LogP contribution in [0.1, 0.15) is 11.8 Å². The van der Waals surface area contributed by atoms with E-state index in [1.165, 1.54) is 21.9 Å². The second-order valence-electron chi connectivity index (χ2n) is 7.40. The molecular formula is C21H29FN4O2S+2. The number of carbonyl (C=O) groups is 2. The minimum Gasteiger partial charge on any atom is -0.327 e. The molecule has 29 heavy (non-hydrogen) atoms. The van der Waals surface area contributed by atoms with Gasteiger partial charge in [0.1, 0.15) is 12.4 Å². The maximum absolute atomic E-state index is 13.2. The Balaban J connectivity index is 1.41. The molecule has 8 heteroatoms. The third kappa shape index (κ3) is 6.62. The van der Waals surface area contributed by atoms with Gasteiger partial charge in [0.05, 0.1) is 37.6 Å². The number of quaternary nitrogens is 2. The number of nitrogens with one attached hydrogen (secondary N) is 3. The molecule has 6 nitrogen and oxygen atoms in total. The van der Waals surface area contributed by atoms with Crippen molar-refractivity contribution in [2.45, 2.75) is 13.5 Å². The number of benzene rings is 1. The zero-order valence-electron chi connectivity index (χ0n) is 16.7. The average molecular weight is 421 g/mol. The van der Waals surface area contributed by atoms with Gasteiger partial charge in [-0.1, -0.05) is 12.1 Å². The summed E-state index contributed by atoms with van der Waals surface area (Å²) in [4.78, 5) is 30.5. The van der Waals surface area contributed by atoms with Gasteiger partial charge in [0, 0.05) is 5.69 Å². The summed E-state index contributed by atoms with van der Waals surface area (Å²) >= 11 is 1.73. The van der Waals surface area contributed by atoms with E-state index in [0.717, 1.165) is 31.1 Å². The molecule has 1 aromatic heterocycles. The summed E-state index contributed by atoms with van der Waals surface area (Å²) in [7, 11) is 0. The zero-order valence-corrected chi connectivity index (χ0v) is 17.6. The van der Waals surface area contributed by atoms with Gasteiger partial charge in [-0.05, 0) is 36.6 Å². The van der Waals surface area contributed by atoms with Gasteiger partial charge in [-0.15, -0.1) is 11.3 Å². The summed E-state index contributed by atoms with van der Waals surface area (Å²) in [5, 5.41) is 4.80. The highest BCUT2D eigenvalue weighted by molar-refractivity contribution is 7.09. The Morgan fingerprint density at radius 1 is 1.24 bits per heavy atom. The topological polar surface area (TPSA) is 58.3 Å². The first-order valence-electron chi connectivity index (χ1n) is 10.1. The van der Waals surface area contributed by atoms with E-state index in [1.807, 2.05) is 11.0 Å². The number of rotatable bonds is 8. The van der Waals surface area contributed by atoms with Crippen molar-refractivity contribution >= 4 is 28.8 Å². The molecule has 3 N–H and O–H groups in total. The Kier molecular flexibility index (Phi) is 7.74. The van der Waals surface area contributed by atoms with E-state index in [2.05, 4.69) is 23.7 Å². The lowest BCUT2D eigenvalue weighted by Crippen LogP contribution is -3.16. The molecule has 0 spiro atoms. The van der Waals surface area contributed by atoms with E-state index in [1.54, 1.807) is 23.5 Å². The number of likely N-dealkylation sites (N-methyl/N-ethyl adjacent to an activating group) is 1. The van der Waals surface area contributed by atoms with Gasteiger partial charge in [0.15, 0.2) is 13.1 Å².